The van der Waals surface area contributed by atoms with Crippen LogP contribution in [0.25, 0.3) is 0 Å². The van der Waals surface area contributed by atoms with E-state index >= 15 is 0 Å². The first-order valence-electron chi connectivity index (χ1n) is 9.18. The molecule has 0 bridgehead atoms. The summed E-state index contributed by atoms with van der Waals surface area (Å²) in [5, 5.41) is 16.6. The van der Waals surface area contributed by atoms with E-state index in [1.165, 1.54) is 20.4 Å². The van der Waals surface area contributed by atoms with Crippen LogP contribution in [-0.4, -0.2) is 43.4 Å². The fraction of sp³-hybridized carbons (Fsp3) is 0.227. The van der Waals surface area contributed by atoms with Crippen LogP contribution in [0.2, 0.25) is 0 Å². The Balaban J connectivity index is 1.98. The molecule has 2 aromatic rings. The summed E-state index contributed by atoms with van der Waals surface area (Å²) in [6.07, 6.45) is 3.53. The number of phenols is 1. The molecule has 0 aliphatic rings. The largest absolute Gasteiger partial charge is 0.504 e. The lowest BCUT2D eigenvalue weighted by atomic mass is 10.1. The van der Waals surface area contributed by atoms with Crippen molar-refractivity contribution in [2.45, 2.75) is 19.4 Å². The van der Waals surface area contributed by atoms with Gasteiger partial charge in [-0.25, -0.2) is 5.43 Å². The maximum absolute atomic E-state index is 12.2. The molecule has 8 heteroatoms. The maximum Gasteiger partial charge on any atom is 0.262 e. The first-order valence-corrected chi connectivity index (χ1v) is 9.18. The van der Waals surface area contributed by atoms with Gasteiger partial charge >= 0.3 is 0 Å². The lowest BCUT2D eigenvalue weighted by Gasteiger charge is -2.12. The second-order valence-electron chi connectivity index (χ2n) is 6.38. The molecule has 0 aromatic heterocycles. The Hall–Kier alpha value is -3.81. The Morgan fingerprint density at radius 2 is 1.90 bits per heavy atom. The van der Waals surface area contributed by atoms with Gasteiger partial charge in [0, 0.05) is 11.1 Å². The number of nitrogens with zero attached hydrogens (tertiary/aromatic N) is 1. The van der Waals surface area contributed by atoms with Gasteiger partial charge in [-0.05, 0) is 55.3 Å². The molecule has 2 aromatic carbocycles. The molecule has 2 amide bonds. The maximum atomic E-state index is 12.2. The molecule has 0 saturated heterocycles. The number of aromatic hydroxyl groups is 1. The van der Waals surface area contributed by atoms with E-state index in [4.69, 9.17) is 9.47 Å². The average molecular weight is 411 g/mol. The number of hydrogen-bond acceptors (Lipinski definition) is 6. The van der Waals surface area contributed by atoms with Gasteiger partial charge in [-0.1, -0.05) is 6.08 Å². The van der Waals surface area contributed by atoms with E-state index in [0.717, 1.165) is 0 Å². The number of nitrogens with one attached hydrogen (secondary N) is 2. The Morgan fingerprint density at radius 3 is 2.50 bits per heavy atom. The number of methoxy groups -OCH3 is 2. The van der Waals surface area contributed by atoms with Gasteiger partial charge in [0.05, 0.1) is 20.4 Å². The van der Waals surface area contributed by atoms with E-state index < -0.39 is 11.9 Å². The van der Waals surface area contributed by atoms with Gasteiger partial charge in [-0.15, -0.1) is 6.58 Å². The number of benzene rings is 2. The topological polar surface area (TPSA) is 109 Å². The van der Waals surface area contributed by atoms with Crippen LogP contribution >= 0.6 is 0 Å². The molecule has 0 aliphatic heterocycles. The van der Waals surface area contributed by atoms with Crippen molar-refractivity contribution in [2.75, 3.05) is 14.2 Å². The van der Waals surface area contributed by atoms with E-state index in [1.54, 1.807) is 49.4 Å². The molecule has 8 nitrogen and oxygen atoms in total. The second kappa shape index (κ2) is 10.7. The second-order valence-corrected chi connectivity index (χ2v) is 6.38. The first kappa shape index (κ1) is 22.5. The zero-order chi connectivity index (χ0) is 22.1. The fourth-order valence-electron chi connectivity index (χ4n) is 2.59. The van der Waals surface area contributed by atoms with E-state index in [-0.39, 0.29) is 11.7 Å². The van der Waals surface area contributed by atoms with Gasteiger partial charge in [-0.3, -0.25) is 9.59 Å². The van der Waals surface area contributed by atoms with Crippen molar-refractivity contribution in [3.05, 3.63) is 65.7 Å². The molecule has 3 N–H and O–H groups in total. The third-order valence-electron chi connectivity index (χ3n) is 4.24. The van der Waals surface area contributed by atoms with Gasteiger partial charge in [0.2, 0.25) is 0 Å². The number of carbonyl (C=O) groups is 2. The molecule has 0 spiro atoms. The lowest BCUT2D eigenvalue weighted by Crippen LogP contribution is -2.43. The predicted octanol–water partition coefficient (Wildman–Crippen LogP) is 2.41. The van der Waals surface area contributed by atoms with Crippen molar-refractivity contribution in [2.24, 2.45) is 5.10 Å². The van der Waals surface area contributed by atoms with E-state index in [2.05, 4.69) is 22.4 Å². The van der Waals surface area contributed by atoms with Crippen LogP contribution in [0, 0.1) is 0 Å². The number of carbonyl (C=O) groups excluding carboxylic acids is 2. The molecule has 0 fully saturated rings. The minimum atomic E-state index is -0.803. The normalized spacial score (nSPS) is 11.6. The highest BCUT2D eigenvalue weighted by Crippen LogP contribution is 2.31. The Bertz CT molecular complexity index is 939. The van der Waals surface area contributed by atoms with Gasteiger partial charge in [-0.2, -0.15) is 5.10 Å². The Morgan fingerprint density at radius 1 is 1.20 bits per heavy atom. The van der Waals surface area contributed by atoms with Crippen molar-refractivity contribution in [1.29, 1.82) is 0 Å². The molecule has 0 aliphatic carbocycles. The minimum Gasteiger partial charge on any atom is -0.504 e. The Labute approximate surface area is 175 Å². The van der Waals surface area contributed by atoms with Crippen molar-refractivity contribution >= 4 is 18.0 Å². The number of hydrogen-bond donors (Lipinski definition) is 3. The first-order chi connectivity index (χ1) is 14.4. The summed E-state index contributed by atoms with van der Waals surface area (Å²) in [7, 11) is 2.99. The van der Waals surface area contributed by atoms with Crippen molar-refractivity contribution in [3.63, 3.8) is 0 Å². The Kier molecular flexibility index (Phi) is 7.99. The fourth-order valence-corrected chi connectivity index (χ4v) is 2.59. The molecule has 0 heterocycles. The number of rotatable bonds is 9. The summed E-state index contributed by atoms with van der Waals surface area (Å²) in [6, 6.07) is 9.04. The summed E-state index contributed by atoms with van der Waals surface area (Å²) < 4.78 is 10.2. The molecule has 0 radical (unpaired) electrons. The minimum absolute atomic E-state index is 0.0356. The quantitative estimate of drug-likeness (QED) is 0.334. The van der Waals surface area contributed by atoms with Gasteiger partial charge in [0.15, 0.2) is 11.5 Å². The summed E-state index contributed by atoms with van der Waals surface area (Å²) in [6.45, 7) is 5.21. The summed E-state index contributed by atoms with van der Waals surface area (Å²) in [5.41, 5.74) is 4.03. The van der Waals surface area contributed by atoms with E-state index in [0.29, 0.717) is 34.6 Å². The lowest BCUT2D eigenvalue weighted by molar-refractivity contribution is -0.122. The predicted molar refractivity (Wildman–Crippen MR) is 114 cm³/mol. The van der Waals surface area contributed by atoms with Crippen LogP contribution in [0.1, 0.15) is 28.4 Å². The number of phenolic OH excluding ortho intramolecular Hbond substituents is 1. The monoisotopic (exact) mass is 411 g/mol. The van der Waals surface area contributed by atoms with Crippen molar-refractivity contribution in [1.82, 2.24) is 10.7 Å². The molecule has 1 atom stereocenters. The third kappa shape index (κ3) is 5.84. The van der Waals surface area contributed by atoms with Crippen LogP contribution in [0.3, 0.4) is 0 Å². The SMILES string of the molecule is C=CCc1cc(C=NNC(=O)C(C)NC(=O)c2ccc(OC)cc2)cc(OC)c1O. The van der Waals surface area contributed by atoms with Crippen LogP contribution in [0.15, 0.2) is 54.2 Å². The molecule has 1 unspecified atom stereocenters. The molecular weight excluding hydrogens is 386 g/mol. The highest BCUT2D eigenvalue weighted by atomic mass is 16.5. The molecule has 30 heavy (non-hydrogen) atoms. The van der Waals surface area contributed by atoms with Gasteiger partial charge in [0.1, 0.15) is 11.8 Å². The number of allylic oxidation sites excluding steroid dienone is 1. The number of hydrazone groups is 1. The van der Waals surface area contributed by atoms with Crippen molar-refractivity contribution in [3.8, 4) is 17.2 Å². The summed E-state index contributed by atoms with van der Waals surface area (Å²) >= 11 is 0. The van der Waals surface area contributed by atoms with E-state index in [9.17, 15) is 14.7 Å². The highest BCUT2D eigenvalue weighted by molar-refractivity contribution is 5.97. The van der Waals surface area contributed by atoms with Gasteiger partial charge in [0.25, 0.3) is 11.8 Å². The summed E-state index contributed by atoms with van der Waals surface area (Å²) in [4.78, 5) is 24.4. The molecule has 2 rings (SSSR count). The van der Waals surface area contributed by atoms with Gasteiger partial charge < -0.3 is 19.9 Å². The summed E-state index contributed by atoms with van der Waals surface area (Å²) in [5.74, 6) is 0.0938. The molecule has 0 saturated carbocycles. The van der Waals surface area contributed by atoms with E-state index in [1.807, 2.05) is 0 Å². The smallest absolute Gasteiger partial charge is 0.262 e. The molecular formula is C22H25N3O5. The van der Waals surface area contributed by atoms with Crippen LogP contribution in [0.5, 0.6) is 17.2 Å². The average Bonchev–Trinajstić information content (AvgIpc) is 2.75. The number of amides is 2. The number of ether oxygens (including phenoxy) is 2. The van der Waals surface area contributed by atoms with Crippen LogP contribution in [0.4, 0.5) is 0 Å². The molecule has 158 valence electrons. The zero-order valence-electron chi connectivity index (χ0n) is 17.1. The highest BCUT2D eigenvalue weighted by Gasteiger charge is 2.16. The van der Waals surface area contributed by atoms with Crippen LogP contribution in [-0.2, 0) is 11.2 Å². The van der Waals surface area contributed by atoms with Crippen LogP contribution < -0.4 is 20.2 Å². The zero-order valence-corrected chi connectivity index (χ0v) is 17.1. The van der Waals surface area contributed by atoms with Crippen molar-refractivity contribution < 1.29 is 24.2 Å². The standard InChI is InChI=1S/C22H25N3O5/c1-5-6-17-11-15(12-19(30-4)20(17)26)13-23-25-21(27)14(2)24-22(28)16-7-9-18(29-3)10-8-16/h5,7-14,26H,1,6H2,2-4H3,(H,24,28)(H,25,27). The third-order valence-corrected chi connectivity index (χ3v) is 4.24.